The third-order valence-electron chi connectivity index (χ3n) is 5.08. The van der Waals surface area contributed by atoms with E-state index in [1.54, 1.807) is 37.5 Å². The number of fused-ring (bicyclic) bond motifs is 1. The van der Waals surface area contributed by atoms with E-state index in [2.05, 4.69) is 20.7 Å². The number of rotatable bonds is 5. The van der Waals surface area contributed by atoms with Gasteiger partial charge < -0.3 is 15.4 Å². The molecule has 0 aliphatic carbocycles. The molecule has 0 unspecified atom stereocenters. The normalized spacial score (nSPS) is 19.2. The Hall–Kier alpha value is -3.14. The second-order valence-corrected chi connectivity index (χ2v) is 7.15. The number of ether oxygens (including phenoxy) is 1. The summed E-state index contributed by atoms with van der Waals surface area (Å²) >= 11 is 0. The Morgan fingerprint density at radius 3 is 2.87 bits per heavy atom. The molecule has 0 spiro atoms. The van der Waals surface area contributed by atoms with Gasteiger partial charge in [0.15, 0.2) is 0 Å². The first-order chi connectivity index (χ1) is 14.3. The molecule has 10 heteroatoms. The Kier molecular flexibility index (Phi) is 5.33. The first-order valence-corrected chi connectivity index (χ1v) is 9.40. The fourth-order valence-corrected chi connectivity index (χ4v) is 3.59. The van der Waals surface area contributed by atoms with Crippen molar-refractivity contribution in [2.24, 2.45) is 13.0 Å². The largest absolute Gasteiger partial charge is 0.487 e. The summed E-state index contributed by atoms with van der Waals surface area (Å²) in [7, 11) is 1.58. The Morgan fingerprint density at radius 2 is 2.13 bits per heavy atom. The molecular formula is C20H20F3N5O2. The molecule has 30 heavy (non-hydrogen) atoms. The lowest BCUT2D eigenvalue weighted by Crippen LogP contribution is -2.45. The first-order valence-electron chi connectivity index (χ1n) is 9.40. The lowest BCUT2D eigenvalue weighted by atomic mass is 10.0. The van der Waals surface area contributed by atoms with Gasteiger partial charge in [-0.1, -0.05) is 6.07 Å². The molecule has 4 rings (SSSR count). The molecule has 1 aliphatic heterocycles. The van der Waals surface area contributed by atoms with Crippen LogP contribution < -0.4 is 15.4 Å². The number of hydrogen-bond donors (Lipinski definition) is 2. The van der Waals surface area contributed by atoms with Crippen molar-refractivity contribution < 1.29 is 22.7 Å². The third-order valence-corrected chi connectivity index (χ3v) is 5.08. The average Bonchev–Trinajstić information content (AvgIpc) is 3.30. The SMILES string of the molecule is Cn1nc2ccc(OCc3ccccn3)cc2c1C(=O)N[C@@H]1CNC[C@H]1C(F)(F)F. The van der Waals surface area contributed by atoms with Crippen LogP contribution in [0.1, 0.15) is 16.2 Å². The number of carbonyl (C=O) groups excluding carboxylic acids is 1. The monoisotopic (exact) mass is 419 g/mol. The summed E-state index contributed by atoms with van der Waals surface area (Å²) in [5.41, 5.74) is 1.47. The Bertz CT molecular complexity index is 1050. The van der Waals surface area contributed by atoms with Gasteiger partial charge >= 0.3 is 6.18 Å². The van der Waals surface area contributed by atoms with Crippen molar-refractivity contribution in [3.8, 4) is 5.75 Å². The molecule has 1 aliphatic rings. The van der Waals surface area contributed by atoms with Gasteiger partial charge in [0, 0.05) is 31.7 Å². The number of nitrogens with zero attached hydrogens (tertiary/aromatic N) is 3. The van der Waals surface area contributed by atoms with Gasteiger partial charge in [-0.25, -0.2) is 0 Å². The predicted octanol–water partition coefficient (Wildman–Crippen LogP) is 2.43. The van der Waals surface area contributed by atoms with Crippen LogP contribution in [0, 0.1) is 5.92 Å². The van der Waals surface area contributed by atoms with E-state index in [0.717, 1.165) is 5.69 Å². The van der Waals surface area contributed by atoms with E-state index in [1.165, 1.54) is 4.68 Å². The van der Waals surface area contributed by atoms with E-state index in [0.29, 0.717) is 16.7 Å². The van der Waals surface area contributed by atoms with Crippen molar-refractivity contribution in [1.82, 2.24) is 25.4 Å². The summed E-state index contributed by atoms with van der Waals surface area (Å²) < 4.78 is 46.7. The second-order valence-electron chi connectivity index (χ2n) is 7.15. The van der Waals surface area contributed by atoms with Gasteiger partial charge in [0.1, 0.15) is 18.1 Å². The molecule has 3 heterocycles. The molecule has 1 fully saturated rings. The summed E-state index contributed by atoms with van der Waals surface area (Å²) in [6.07, 6.45) is -2.72. The summed E-state index contributed by atoms with van der Waals surface area (Å²) in [4.78, 5) is 17.0. The number of benzene rings is 1. The van der Waals surface area contributed by atoms with Gasteiger partial charge in [0.05, 0.1) is 23.2 Å². The highest BCUT2D eigenvalue weighted by Crippen LogP contribution is 2.31. The van der Waals surface area contributed by atoms with Crippen molar-refractivity contribution in [1.29, 1.82) is 0 Å². The van der Waals surface area contributed by atoms with Crippen LogP contribution in [0.5, 0.6) is 5.75 Å². The van der Waals surface area contributed by atoms with Gasteiger partial charge in [-0.15, -0.1) is 0 Å². The number of hydrogen-bond acceptors (Lipinski definition) is 5. The first kappa shape index (κ1) is 20.1. The molecule has 0 radical (unpaired) electrons. The van der Waals surface area contributed by atoms with Crippen LogP contribution in [0.2, 0.25) is 0 Å². The maximum Gasteiger partial charge on any atom is 0.395 e. The maximum absolute atomic E-state index is 13.2. The molecule has 158 valence electrons. The highest BCUT2D eigenvalue weighted by atomic mass is 19.4. The molecule has 2 N–H and O–H groups in total. The van der Waals surface area contributed by atoms with E-state index in [9.17, 15) is 18.0 Å². The van der Waals surface area contributed by atoms with Gasteiger partial charge in [-0.2, -0.15) is 18.3 Å². The summed E-state index contributed by atoms with van der Waals surface area (Å²) in [6.45, 7) is 0.0887. The Balaban J connectivity index is 1.55. The van der Waals surface area contributed by atoms with Crippen LogP contribution >= 0.6 is 0 Å². The van der Waals surface area contributed by atoms with Crippen LogP contribution in [0.25, 0.3) is 10.9 Å². The number of alkyl halides is 3. The molecule has 0 saturated carbocycles. The third kappa shape index (κ3) is 4.09. The van der Waals surface area contributed by atoms with Crippen molar-refractivity contribution in [3.05, 3.63) is 54.0 Å². The number of aromatic nitrogens is 3. The molecule has 7 nitrogen and oxygen atoms in total. The molecule has 2 aromatic heterocycles. The fraction of sp³-hybridized carbons (Fsp3) is 0.350. The summed E-state index contributed by atoms with van der Waals surface area (Å²) in [5, 5.41) is 9.99. The highest BCUT2D eigenvalue weighted by Gasteiger charge is 2.47. The van der Waals surface area contributed by atoms with E-state index in [1.807, 2.05) is 12.1 Å². The lowest BCUT2D eigenvalue weighted by molar-refractivity contribution is -0.173. The zero-order valence-electron chi connectivity index (χ0n) is 16.1. The van der Waals surface area contributed by atoms with Crippen LogP contribution in [0.15, 0.2) is 42.6 Å². The van der Waals surface area contributed by atoms with Crippen LogP contribution in [0.4, 0.5) is 13.2 Å². The molecule has 0 bridgehead atoms. The standard InChI is InChI=1S/C20H20F3N5O2/c1-28-18(19(29)26-17-10-24-9-15(17)20(21,22)23)14-8-13(5-6-16(14)27-28)30-11-12-4-2-3-7-25-12/h2-8,15,17,24H,9-11H2,1H3,(H,26,29)/t15-,17-/m1/s1. The number of amides is 1. The Labute approximate surface area is 170 Å². The van der Waals surface area contributed by atoms with E-state index >= 15 is 0 Å². The predicted molar refractivity (Wildman–Crippen MR) is 103 cm³/mol. The van der Waals surface area contributed by atoms with E-state index in [4.69, 9.17) is 4.74 Å². The topological polar surface area (TPSA) is 81.1 Å². The molecule has 1 amide bonds. The molecule has 2 atom stereocenters. The number of halogens is 3. The average molecular weight is 419 g/mol. The maximum atomic E-state index is 13.2. The fourth-order valence-electron chi connectivity index (χ4n) is 3.59. The summed E-state index contributed by atoms with van der Waals surface area (Å²) in [5.74, 6) is -1.73. The minimum Gasteiger partial charge on any atom is -0.487 e. The zero-order chi connectivity index (χ0) is 21.3. The summed E-state index contributed by atoms with van der Waals surface area (Å²) in [6, 6.07) is 9.54. The number of aryl methyl sites for hydroxylation is 1. The van der Waals surface area contributed by atoms with Crippen LogP contribution in [-0.4, -0.2) is 46.0 Å². The van der Waals surface area contributed by atoms with Gasteiger partial charge in [0.2, 0.25) is 0 Å². The number of pyridine rings is 1. The lowest BCUT2D eigenvalue weighted by Gasteiger charge is -2.22. The quantitative estimate of drug-likeness (QED) is 0.664. The minimum atomic E-state index is -4.39. The molecular weight excluding hydrogens is 399 g/mol. The van der Waals surface area contributed by atoms with Gasteiger partial charge in [-0.3, -0.25) is 14.5 Å². The van der Waals surface area contributed by atoms with Crippen molar-refractivity contribution >= 4 is 16.8 Å². The minimum absolute atomic E-state index is 0.0597. The molecule has 1 aromatic carbocycles. The van der Waals surface area contributed by atoms with Crippen molar-refractivity contribution in [2.45, 2.75) is 18.8 Å². The number of carbonyl (C=O) groups is 1. The van der Waals surface area contributed by atoms with E-state index < -0.39 is 24.0 Å². The van der Waals surface area contributed by atoms with Crippen molar-refractivity contribution in [3.63, 3.8) is 0 Å². The van der Waals surface area contributed by atoms with Gasteiger partial charge in [0.25, 0.3) is 5.91 Å². The molecule has 3 aromatic rings. The Morgan fingerprint density at radius 1 is 1.30 bits per heavy atom. The van der Waals surface area contributed by atoms with E-state index in [-0.39, 0.29) is 25.4 Å². The smallest absolute Gasteiger partial charge is 0.395 e. The highest BCUT2D eigenvalue weighted by molar-refractivity contribution is 6.05. The number of nitrogens with one attached hydrogen (secondary N) is 2. The second kappa shape index (κ2) is 7.94. The zero-order valence-corrected chi connectivity index (χ0v) is 16.1. The molecule has 1 saturated heterocycles. The van der Waals surface area contributed by atoms with Crippen LogP contribution in [-0.2, 0) is 13.7 Å². The van der Waals surface area contributed by atoms with Crippen molar-refractivity contribution in [2.75, 3.05) is 13.1 Å². The van der Waals surface area contributed by atoms with Gasteiger partial charge in [-0.05, 0) is 30.3 Å². The van der Waals surface area contributed by atoms with Crippen LogP contribution in [0.3, 0.4) is 0 Å².